The topological polar surface area (TPSA) is 54.4 Å². The second-order valence-electron chi connectivity index (χ2n) is 3.56. The van der Waals surface area contributed by atoms with Gasteiger partial charge in [-0.15, -0.1) is 0 Å². The Morgan fingerprint density at radius 1 is 1.40 bits per heavy atom. The average Bonchev–Trinajstić information content (AvgIpc) is 2.26. The molecule has 0 heterocycles. The molecule has 15 heavy (non-hydrogen) atoms. The highest BCUT2D eigenvalue weighted by Gasteiger charge is 2.03. The summed E-state index contributed by atoms with van der Waals surface area (Å²) in [4.78, 5) is 20.9. The van der Waals surface area contributed by atoms with Crippen molar-refractivity contribution in [3.8, 4) is 0 Å². The zero-order valence-corrected chi connectivity index (χ0v) is 8.64. The number of aryl methyl sites for hydroxylation is 1. The molecule has 0 radical (unpaired) electrons. The zero-order chi connectivity index (χ0) is 11.3. The van der Waals surface area contributed by atoms with Gasteiger partial charge in [0.05, 0.1) is 0 Å². The lowest BCUT2D eigenvalue weighted by Gasteiger charge is -2.05. The van der Waals surface area contributed by atoms with Gasteiger partial charge in [-0.1, -0.05) is 31.2 Å². The van der Waals surface area contributed by atoms with Gasteiger partial charge in [0.15, 0.2) is 0 Å². The lowest BCUT2D eigenvalue weighted by Crippen LogP contribution is -1.98. The van der Waals surface area contributed by atoms with Crippen LogP contribution in [0, 0.1) is 0 Å². The third-order valence-corrected chi connectivity index (χ3v) is 2.34. The van der Waals surface area contributed by atoms with Gasteiger partial charge in [0.25, 0.3) is 0 Å². The fraction of sp³-hybridized carbons (Fsp3) is 0.333. The highest BCUT2D eigenvalue weighted by atomic mass is 16.4. The Kier molecular flexibility index (Phi) is 4.03. The van der Waals surface area contributed by atoms with E-state index in [9.17, 15) is 9.59 Å². The smallest absolute Gasteiger partial charge is 0.303 e. The van der Waals surface area contributed by atoms with Gasteiger partial charge >= 0.3 is 5.97 Å². The van der Waals surface area contributed by atoms with Gasteiger partial charge in [-0.05, 0) is 17.5 Å². The molecule has 1 unspecified atom stereocenters. The minimum Gasteiger partial charge on any atom is -0.481 e. The second kappa shape index (κ2) is 5.29. The van der Waals surface area contributed by atoms with Gasteiger partial charge in [0, 0.05) is 12.3 Å². The van der Waals surface area contributed by atoms with Crippen molar-refractivity contribution in [1.29, 1.82) is 0 Å². The maximum atomic E-state index is 10.5. The molecule has 3 heteroatoms. The van der Waals surface area contributed by atoms with Crippen molar-refractivity contribution in [3.63, 3.8) is 0 Å². The molecule has 0 aliphatic rings. The number of rotatable bonds is 5. The summed E-state index contributed by atoms with van der Waals surface area (Å²) in [5.74, 6) is -0.890. The van der Waals surface area contributed by atoms with Crippen LogP contribution in [-0.4, -0.2) is 17.4 Å². The lowest BCUT2D eigenvalue weighted by atomic mass is 10.00. The molecule has 1 aromatic rings. The monoisotopic (exact) mass is 206 g/mol. The van der Waals surface area contributed by atoms with Crippen molar-refractivity contribution in [2.45, 2.75) is 25.7 Å². The molecule has 80 valence electrons. The Morgan fingerprint density at radius 2 is 2.00 bits per heavy atom. The molecule has 1 rings (SSSR count). The fourth-order valence-electron chi connectivity index (χ4n) is 1.32. The minimum absolute atomic E-state index is 0.0986. The van der Waals surface area contributed by atoms with Crippen molar-refractivity contribution in [2.75, 3.05) is 0 Å². The maximum absolute atomic E-state index is 10.5. The van der Waals surface area contributed by atoms with E-state index in [1.807, 2.05) is 31.2 Å². The molecule has 0 saturated heterocycles. The van der Waals surface area contributed by atoms with Crippen LogP contribution in [0.2, 0.25) is 0 Å². The van der Waals surface area contributed by atoms with Gasteiger partial charge < -0.3 is 9.90 Å². The molecule has 3 nitrogen and oxygen atoms in total. The summed E-state index contributed by atoms with van der Waals surface area (Å²) in [5.41, 5.74) is 1.95. The average molecular weight is 206 g/mol. The summed E-state index contributed by atoms with van der Waals surface area (Å²) in [6.45, 7) is 1.83. The first-order valence-electron chi connectivity index (χ1n) is 4.89. The van der Waals surface area contributed by atoms with Crippen LogP contribution in [-0.2, 0) is 16.0 Å². The van der Waals surface area contributed by atoms with Crippen molar-refractivity contribution < 1.29 is 14.7 Å². The van der Waals surface area contributed by atoms with E-state index in [1.165, 1.54) is 0 Å². The van der Waals surface area contributed by atoms with Crippen LogP contribution in [0.15, 0.2) is 24.3 Å². The number of carboxylic acids is 1. The molecule has 0 fully saturated rings. The summed E-state index contributed by atoms with van der Waals surface area (Å²) < 4.78 is 0. The van der Waals surface area contributed by atoms with Gasteiger partial charge in [0.1, 0.15) is 6.29 Å². The number of carboxylic acid groups (broad SMARTS) is 1. The molecular formula is C12H14O3. The van der Waals surface area contributed by atoms with Crippen LogP contribution in [0.5, 0.6) is 0 Å². The summed E-state index contributed by atoms with van der Waals surface area (Å²) >= 11 is 0. The van der Waals surface area contributed by atoms with Crippen LogP contribution < -0.4 is 0 Å². The number of carbonyl (C=O) groups is 2. The molecule has 0 amide bonds. The molecule has 0 aliphatic carbocycles. The van der Waals surface area contributed by atoms with E-state index < -0.39 is 5.97 Å². The molecule has 1 aromatic carbocycles. The van der Waals surface area contributed by atoms with Gasteiger partial charge in [-0.25, -0.2) is 0 Å². The van der Waals surface area contributed by atoms with E-state index in [0.717, 1.165) is 17.4 Å². The van der Waals surface area contributed by atoms with Gasteiger partial charge in [-0.3, -0.25) is 4.79 Å². The third-order valence-electron chi connectivity index (χ3n) is 2.34. The highest BCUT2D eigenvalue weighted by Crippen LogP contribution is 2.14. The first-order chi connectivity index (χ1) is 7.13. The summed E-state index contributed by atoms with van der Waals surface area (Å²) in [6, 6.07) is 7.49. The molecule has 0 bridgehead atoms. The number of benzene rings is 1. The number of carbonyl (C=O) groups excluding carboxylic acids is 1. The largest absolute Gasteiger partial charge is 0.481 e. The number of aldehydes is 1. The number of aliphatic carboxylic acids is 1. The van der Waals surface area contributed by atoms with Crippen molar-refractivity contribution in [3.05, 3.63) is 35.4 Å². The van der Waals surface area contributed by atoms with E-state index in [-0.39, 0.29) is 12.3 Å². The summed E-state index contributed by atoms with van der Waals surface area (Å²) in [6.07, 6.45) is 1.57. The van der Waals surface area contributed by atoms with E-state index in [1.54, 1.807) is 0 Å². The molecular weight excluding hydrogens is 192 g/mol. The van der Waals surface area contributed by atoms with E-state index in [0.29, 0.717) is 6.42 Å². The van der Waals surface area contributed by atoms with Crippen LogP contribution in [0.4, 0.5) is 0 Å². The van der Waals surface area contributed by atoms with Crippen LogP contribution in [0.25, 0.3) is 0 Å². The molecule has 0 aliphatic heterocycles. The third kappa shape index (κ3) is 3.54. The zero-order valence-electron chi connectivity index (χ0n) is 8.64. The fourth-order valence-corrected chi connectivity index (χ4v) is 1.32. The van der Waals surface area contributed by atoms with Crippen LogP contribution in [0.3, 0.4) is 0 Å². The Labute approximate surface area is 88.7 Å². The molecule has 0 spiro atoms. The number of hydrogen-bond donors (Lipinski definition) is 1. The van der Waals surface area contributed by atoms with E-state index in [2.05, 4.69) is 0 Å². The molecule has 1 N–H and O–H groups in total. The SMILES string of the molecule is CC(C=O)c1ccc(CCC(=O)O)cc1. The highest BCUT2D eigenvalue weighted by molar-refractivity contribution is 5.67. The maximum Gasteiger partial charge on any atom is 0.303 e. The number of hydrogen-bond acceptors (Lipinski definition) is 2. The molecule has 1 atom stereocenters. The standard InChI is InChI=1S/C12H14O3/c1-9(8-13)11-5-2-10(3-6-11)4-7-12(14)15/h2-3,5-6,8-9H,4,7H2,1H3,(H,14,15). The predicted octanol–water partition coefficient (Wildman–Crippen LogP) is 2.01. The molecule has 0 aromatic heterocycles. The Balaban J connectivity index is 2.63. The quantitative estimate of drug-likeness (QED) is 0.750. The van der Waals surface area contributed by atoms with Crippen LogP contribution >= 0.6 is 0 Å². The van der Waals surface area contributed by atoms with Crippen molar-refractivity contribution in [2.24, 2.45) is 0 Å². The Bertz CT molecular complexity index is 340. The normalized spacial score (nSPS) is 12.1. The molecule has 0 saturated carbocycles. The van der Waals surface area contributed by atoms with Gasteiger partial charge in [-0.2, -0.15) is 0 Å². The Hall–Kier alpha value is -1.64. The van der Waals surface area contributed by atoms with Crippen molar-refractivity contribution in [1.82, 2.24) is 0 Å². The summed E-state index contributed by atoms with van der Waals surface area (Å²) in [7, 11) is 0. The first kappa shape index (κ1) is 11.4. The van der Waals surface area contributed by atoms with Crippen molar-refractivity contribution >= 4 is 12.3 Å². The van der Waals surface area contributed by atoms with Crippen LogP contribution in [0.1, 0.15) is 30.4 Å². The second-order valence-corrected chi connectivity index (χ2v) is 3.56. The van der Waals surface area contributed by atoms with Gasteiger partial charge in [0.2, 0.25) is 0 Å². The lowest BCUT2D eigenvalue weighted by molar-refractivity contribution is -0.136. The van der Waals surface area contributed by atoms with E-state index in [4.69, 9.17) is 5.11 Å². The first-order valence-corrected chi connectivity index (χ1v) is 4.89. The Morgan fingerprint density at radius 3 is 2.47 bits per heavy atom. The van der Waals surface area contributed by atoms with E-state index >= 15 is 0 Å². The minimum atomic E-state index is -0.791. The summed E-state index contributed by atoms with van der Waals surface area (Å²) in [5, 5.41) is 8.51. The predicted molar refractivity (Wildman–Crippen MR) is 56.9 cm³/mol.